The van der Waals surface area contributed by atoms with Crippen molar-refractivity contribution in [3.63, 3.8) is 0 Å². The van der Waals surface area contributed by atoms with Crippen molar-refractivity contribution in [1.82, 2.24) is 24.3 Å². The van der Waals surface area contributed by atoms with E-state index >= 15 is 4.39 Å². The number of carboxylic acid groups (broad SMARTS) is 2. The maximum atomic E-state index is 15.7. The van der Waals surface area contributed by atoms with E-state index in [-0.39, 0.29) is 24.2 Å². The van der Waals surface area contributed by atoms with Crippen LogP contribution < -0.4 is 5.32 Å². The molecular formula is C34H32F4N6O6S. The van der Waals surface area contributed by atoms with Gasteiger partial charge in [0.25, 0.3) is 11.8 Å². The second kappa shape index (κ2) is 14.6. The monoisotopic (exact) mass is 728 g/mol. The molecule has 0 bridgehead atoms. The first kappa shape index (κ1) is 35.7. The summed E-state index contributed by atoms with van der Waals surface area (Å²) in [5, 5.41) is 21.2. The number of benzene rings is 2. The summed E-state index contributed by atoms with van der Waals surface area (Å²) >= 11 is 1.28. The number of amides is 2. The van der Waals surface area contributed by atoms with Gasteiger partial charge in [-0.25, -0.2) is 19.2 Å². The number of halogens is 4. The van der Waals surface area contributed by atoms with Crippen molar-refractivity contribution in [3.8, 4) is 11.1 Å². The predicted octanol–water partition coefficient (Wildman–Crippen LogP) is 5.33. The lowest BCUT2D eigenvalue weighted by atomic mass is 9.88. The third kappa shape index (κ3) is 7.78. The van der Waals surface area contributed by atoms with Crippen LogP contribution in [0.3, 0.4) is 0 Å². The van der Waals surface area contributed by atoms with Crippen molar-refractivity contribution >= 4 is 40.2 Å². The first-order valence-electron chi connectivity index (χ1n) is 16.0. The molecule has 0 radical (unpaired) electrons. The van der Waals surface area contributed by atoms with E-state index in [0.29, 0.717) is 22.3 Å². The van der Waals surface area contributed by atoms with E-state index in [4.69, 9.17) is 15.0 Å². The molecular weight excluding hydrogens is 696 g/mol. The number of rotatable bonds is 8. The number of nitrogens with one attached hydrogen (secondary N) is 1. The van der Waals surface area contributed by atoms with Crippen molar-refractivity contribution < 1.29 is 47.0 Å². The van der Waals surface area contributed by atoms with E-state index in [1.807, 2.05) is 33.7 Å². The zero-order valence-electron chi connectivity index (χ0n) is 26.9. The highest BCUT2D eigenvalue weighted by Crippen LogP contribution is 2.38. The van der Waals surface area contributed by atoms with Gasteiger partial charge in [0.05, 0.1) is 25.1 Å². The third-order valence-electron chi connectivity index (χ3n) is 9.19. The smallest absolute Gasteiger partial charge is 0.480 e. The van der Waals surface area contributed by atoms with Gasteiger partial charge in [0, 0.05) is 34.9 Å². The van der Waals surface area contributed by atoms with Gasteiger partial charge in [-0.2, -0.15) is 13.2 Å². The number of piperidine rings is 1. The summed E-state index contributed by atoms with van der Waals surface area (Å²) in [6.45, 7) is 2.30. The molecule has 12 nitrogen and oxygen atoms in total. The molecule has 3 aliphatic heterocycles. The minimum Gasteiger partial charge on any atom is -0.480 e. The van der Waals surface area contributed by atoms with Crippen LogP contribution in [0, 0.1) is 5.82 Å². The minimum atomic E-state index is -5.08. The molecule has 4 aromatic rings. The fourth-order valence-corrected chi connectivity index (χ4v) is 7.26. The Hall–Kier alpha value is -5.16. The molecule has 7 rings (SSSR count). The Balaban J connectivity index is 0.000000582. The number of hydrogen-bond donors (Lipinski definition) is 3. The second-order valence-electron chi connectivity index (χ2n) is 12.4. The predicted molar refractivity (Wildman–Crippen MR) is 175 cm³/mol. The molecule has 5 heterocycles. The summed E-state index contributed by atoms with van der Waals surface area (Å²) in [6, 6.07) is 10.1. The lowest BCUT2D eigenvalue weighted by Gasteiger charge is -2.31. The lowest BCUT2D eigenvalue weighted by Crippen LogP contribution is -2.38. The highest BCUT2D eigenvalue weighted by molar-refractivity contribution is 7.13. The number of fused-ring (bicyclic) bond motifs is 2. The standard InChI is InChI=1S/C32H31FN6O4S.C2HF3O2/c33-25-15-22(20-5-3-19(4-6-20)21-7-11-37(12-8-21)17-27(40)41)14-23-24(25)16-39(31(23)43)29(30(42)36-32-34-9-13-44-32)28-26-2-1-10-38(26)18-35-28;3-2(4,5)1(6)7/h3-6,9,13-15,18,21,29H,1-2,7-8,10-12,16-17H2,(H,40,41)(H,34,36,42);(H,6,7). The van der Waals surface area contributed by atoms with Crippen molar-refractivity contribution in [1.29, 1.82) is 0 Å². The molecule has 17 heteroatoms. The van der Waals surface area contributed by atoms with Crippen LogP contribution in [0.5, 0.6) is 0 Å². The average Bonchev–Trinajstić information content (AvgIpc) is 3.89. The molecule has 3 aliphatic rings. The molecule has 268 valence electrons. The molecule has 0 spiro atoms. The third-order valence-corrected chi connectivity index (χ3v) is 9.88. The van der Waals surface area contributed by atoms with E-state index in [9.17, 15) is 27.6 Å². The quantitative estimate of drug-likeness (QED) is 0.204. The highest BCUT2D eigenvalue weighted by Gasteiger charge is 2.42. The van der Waals surface area contributed by atoms with Crippen molar-refractivity contribution in [2.75, 3.05) is 25.0 Å². The van der Waals surface area contributed by atoms with Gasteiger partial charge in [0.15, 0.2) is 11.2 Å². The molecule has 1 unspecified atom stereocenters. The SMILES string of the molecule is O=C(O)C(F)(F)F.O=C(O)CN1CCC(c2ccc(-c3cc(F)c4c(c3)C(=O)N(C(C(=O)Nc3nccs3)c3ncn5c3CCC5)C4)cc2)CC1. The summed E-state index contributed by atoms with van der Waals surface area (Å²) < 4.78 is 49.4. The number of carbonyl (C=O) groups excluding carboxylic acids is 2. The first-order chi connectivity index (χ1) is 24.3. The zero-order chi connectivity index (χ0) is 36.4. The fourth-order valence-electron chi connectivity index (χ4n) is 6.73. The molecule has 51 heavy (non-hydrogen) atoms. The zero-order valence-corrected chi connectivity index (χ0v) is 27.7. The van der Waals surface area contributed by atoms with Crippen LogP contribution in [0.2, 0.25) is 0 Å². The van der Waals surface area contributed by atoms with Crippen LogP contribution in [-0.4, -0.2) is 84.1 Å². The van der Waals surface area contributed by atoms with Crippen LogP contribution in [-0.2, 0) is 33.9 Å². The van der Waals surface area contributed by atoms with E-state index < -0.39 is 41.8 Å². The number of aryl methyl sites for hydroxylation is 1. The number of nitrogens with zero attached hydrogens (tertiary/aromatic N) is 5. The Bertz CT molecular complexity index is 1940. The summed E-state index contributed by atoms with van der Waals surface area (Å²) in [5.41, 5.74) is 4.49. The largest absolute Gasteiger partial charge is 0.490 e. The van der Waals surface area contributed by atoms with Gasteiger partial charge in [-0.05, 0) is 73.5 Å². The Morgan fingerprint density at radius 2 is 1.73 bits per heavy atom. The first-order valence-corrected chi connectivity index (χ1v) is 16.9. The Morgan fingerprint density at radius 1 is 1.02 bits per heavy atom. The van der Waals surface area contributed by atoms with Gasteiger partial charge in [0.1, 0.15) is 5.82 Å². The van der Waals surface area contributed by atoms with Crippen LogP contribution >= 0.6 is 11.3 Å². The molecule has 0 saturated carbocycles. The Kier molecular flexibility index (Phi) is 10.2. The van der Waals surface area contributed by atoms with Crippen molar-refractivity contribution in [2.24, 2.45) is 0 Å². The summed E-state index contributed by atoms with van der Waals surface area (Å²) in [6.07, 6.45) is 1.65. The molecule has 0 aliphatic carbocycles. The summed E-state index contributed by atoms with van der Waals surface area (Å²) in [4.78, 5) is 59.6. The molecule has 1 saturated heterocycles. The van der Waals surface area contributed by atoms with Gasteiger partial charge in [-0.3, -0.25) is 24.6 Å². The van der Waals surface area contributed by atoms with Crippen LogP contribution in [0.25, 0.3) is 11.1 Å². The van der Waals surface area contributed by atoms with Crippen molar-refractivity contribution in [2.45, 2.75) is 56.9 Å². The topological polar surface area (TPSA) is 158 Å². The number of aliphatic carboxylic acids is 2. The number of thiazole rings is 1. The van der Waals surface area contributed by atoms with Crippen LogP contribution in [0.4, 0.5) is 22.7 Å². The van der Waals surface area contributed by atoms with Gasteiger partial charge < -0.3 is 19.7 Å². The number of hydrogen-bond acceptors (Lipinski definition) is 8. The van der Waals surface area contributed by atoms with E-state index in [1.165, 1.54) is 22.3 Å². The van der Waals surface area contributed by atoms with Gasteiger partial charge in [-0.1, -0.05) is 24.3 Å². The number of alkyl halides is 3. The molecule has 2 amide bonds. The van der Waals surface area contributed by atoms with Crippen LogP contribution in [0.1, 0.15) is 64.1 Å². The van der Waals surface area contributed by atoms with Crippen molar-refractivity contribution in [3.05, 3.63) is 88.2 Å². The van der Waals surface area contributed by atoms with Crippen LogP contribution in [0.15, 0.2) is 54.3 Å². The van der Waals surface area contributed by atoms with E-state index in [0.717, 1.165) is 62.1 Å². The lowest BCUT2D eigenvalue weighted by molar-refractivity contribution is -0.192. The Morgan fingerprint density at radius 3 is 2.35 bits per heavy atom. The average molecular weight is 729 g/mol. The number of imidazole rings is 1. The maximum Gasteiger partial charge on any atom is 0.490 e. The number of anilines is 1. The number of carbonyl (C=O) groups is 4. The number of carboxylic acids is 2. The summed E-state index contributed by atoms with van der Waals surface area (Å²) in [5.74, 6) is -4.57. The highest BCUT2D eigenvalue weighted by atomic mass is 32.1. The minimum absolute atomic E-state index is 0.0396. The molecule has 2 aromatic carbocycles. The molecule has 1 fully saturated rings. The fraction of sp³-hybridized carbons (Fsp3) is 0.353. The van der Waals surface area contributed by atoms with Gasteiger partial charge >= 0.3 is 18.1 Å². The Labute approximate surface area is 292 Å². The second-order valence-corrected chi connectivity index (χ2v) is 13.3. The summed E-state index contributed by atoms with van der Waals surface area (Å²) in [7, 11) is 0. The maximum absolute atomic E-state index is 15.7. The van der Waals surface area contributed by atoms with Gasteiger partial charge in [-0.15, -0.1) is 11.3 Å². The normalized spacial score (nSPS) is 16.6. The van der Waals surface area contributed by atoms with E-state index in [1.54, 1.807) is 24.0 Å². The molecule has 1 atom stereocenters. The van der Waals surface area contributed by atoms with Gasteiger partial charge in [0.2, 0.25) is 0 Å². The molecule has 3 N–H and O–H groups in total. The van der Waals surface area contributed by atoms with E-state index in [2.05, 4.69) is 15.3 Å². The number of aromatic nitrogens is 3. The number of likely N-dealkylation sites (tertiary alicyclic amines) is 1. The molecule has 2 aromatic heterocycles.